The minimum atomic E-state index is -0.496. The fourth-order valence-corrected chi connectivity index (χ4v) is 3.84. The lowest BCUT2D eigenvalue weighted by molar-refractivity contribution is 0.0529. The molecule has 0 aliphatic heterocycles. The van der Waals surface area contributed by atoms with Gasteiger partial charge in [0, 0.05) is 21.7 Å². The third-order valence-electron chi connectivity index (χ3n) is 4.08. The molecule has 0 bridgehead atoms. The van der Waals surface area contributed by atoms with Gasteiger partial charge in [-0.05, 0) is 55.8 Å². The SMILES string of the molecule is CCOC(=O)c1c(-c2ccc(OCC)cc2)csc1NC(=O)Nc1ccc(Cl)cc1. The molecular formula is C22H21ClN2O4S. The number of esters is 1. The lowest BCUT2D eigenvalue weighted by Crippen LogP contribution is -2.20. The monoisotopic (exact) mass is 444 g/mol. The molecule has 3 rings (SSSR count). The summed E-state index contributed by atoms with van der Waals surface area (Å²) in [5.41, 5.74) is 2.40. The van der Waals surface area contributed by atoms with Crippen molar-refractivity contribution in [2.24, 2.45) is 0 Å². The number of hydrogen-bond donors (Lipinski definition) is 2. The van der Waals surface area contributed by atoms with E-state index in [0.29, 0.717) is 33.4 Å². The zero-order valence-corrected chi connectivity index (χ0v) is 18.1. The standard InChI is InChI=1S/C22H21ClN2O4S/c1-3-28-17-11-5-14(6-12-17)18-13-30-20(19(18)21(26)29-4-2)25-22(27)24-16-9-7-15(23)8-10-16/h5-13H,3-4H2,1-2H3,(H2,24,25,27). The minimum absolute atomic E-state index is 0.230. The summed E-state index contributed by atoms with van der Waals surface area (Å²) >= 11 is 7.12. The van der Waals surface area contributed by atoms with E-state index in [1.807, 2.05) is 36.6 Å². The second-order valence-electron chi connectivity index (χ2n) is 6.12. The van der Waals surface area contributed by atoms with Crippen molar-refractivity contribution in [2.75, 3.05) is 23.8 Å². The Bertz CT molecular complexity index is 1020. The summed E-state index contributed by atoms with van der Waals surface area (Å²) in [6.45, 7) is 4.45. The van der Waals surface area contributed by atoms with Gasteiger partial charge in [0.05, 0.1) is 13.2 Å². The second kappa shape index (κ2) is 10.1. The van der Waals surface area contributed by atoms with E-state index in [0.717, 1.165) is 11.3 Å². The number of ether oxygens (including phenoxy) is 2. The van der Waals surface area contributed by atoms with E-state index in [1.54, 1.807) is 31.2 Å². The highest BCUT2D eigenvalue weighted by Gasteiger charge is 2.23. The van der Waals surface area contributed by atoms with Gasteiger partial charge in [0.2, 0.25) is 0 Å². The zero-order valence-electron chi connectivity index (χ0n) is 16.5. The Kier molecular flexibility index (Phi) is 7.32. The summed E-state index contributed by atoms with van der Waals surface area (Å²) < 4.78 is 10.7. The zero-order chi connectivity index (χ0) is 21.5. The molecule has 0 aliphatic carbocycles. The molecular weight excluding hydrogens is 424 g/mol. The van der Waals surface area contributed by atoms with Crippen molar-refractivity contribution in [3.05, 3.63) is 64.5 Å². The van der Waals surface area contributed by atoms with Crippen molar-refractivity contribution in [3.63, 3.8) is 0 Å². The molecule has 0 radical (unpaired) electrons. The van der Waals surface area contributed by atoms with Gasteiger partial charge in [-0.2, -0.15) is 0 Å². The molecule has 30 heavy (non-hydrogen) atoms. The van der Waals surface area contributed by atoms with E-state index in [2.05, 4.69) is 10.6 Å². The highest BCUT2D eigenvalue weighted by atomic mass is 35.5. The normalized spacial score (nSPS) is 10.4. The first-order chi connectivity index (χ1) is 14.5. The topological polar surface area (TPSA) is 76.7 Å². The van der Waals surface area contributed by atoms with Crippen LogP contribution in [0.3, 0.4) is 0 Å². The predicted molar refractivity (Wildman–Crippen MR) is 121 cm³/mol. The van der Waals surface area contributed by atoms with Crippen LogP contribution >= 0.6 is 22.9 Å². The molecule has 0 atom stereocenters. The quantitative estimate of drug-likeness (QED) is 0.420. The van der Waals surface area contributed by atoms with Crippen LogP contribution in [0.2, 0.25) is 5.02 Å². The Balaban J connectivity index is 1.85. The maximum Gasteiger partial charge on any atom is 0.341 e. The van der Waals surface area contributed by atoms with Crippen LogP contribution in [0.1, 0.15) is 24.2 Å². The van der Waals surface area contributed by atoms with Gasteiger partial charge < -0.3 is 14.8 Å². The van der Waals surface area contributed by atoms with E-state index in [1.165, 1.54) is 11.3 Å². The van der Waals surface area contributed by atoms with Crippen LogP contribution in [0, 0.1) is 0 Å². The number of carbonyl (C=O) groups is 2. The van der Waals surface area contributed by atoms with Crippen LogP contribution in [0.25, 0.3) is 11.1 Å². The Labute approximate surface area is 183 Å². The molecule has 156 valence electrons. The first-order valence-corrected chi connectivity index (χ1v) is 10.6. The lowest BCUT2D eigenvalue weighted by Gasteiger charge is -2.10. The molecule has 1 aromatic heterocycles. The van der Waals surface area contributed by atoms with Gasteiger partial charge in [0.15, 0.2) is 0 Å². The third kappa shape index (κ3) is 5.31. The van der Waals surface area contributed by atoms with E-state index in [-0.39, 0.29) is 6.61 Å². The number of anilines is 2. The average Bonchev–Trinajstić information content (AvgIpc) is 3.14. The van der Waals surface area contributed by atoms with Gasteiger partial charge in [0.25, 0.3) is 0 Å². The van der Waals surface area contributed by atoms with Gasteiger partial charge in [-0.15, -0.1) is 11.3 Å². The van der Waals surface area contributed by atoms with Crippen molar-refractivity contribution < 1.29 is 19.1 Å². The van der Waals surface area contributed by atoms with Gasteiger partial charge in [-0.1, -0.05) is 23.7 Å². The summed E-state index contributed by atoms with van der Waals surface area (Å²) in [6.07, 6.45) is 0. The average molecular weight is 445 g/mol. The van der Waals surface area contributed by atoms with E-state index in [4.69, 9.17) is 21.1 Å². The number of hydrogen-bond acceptors (Lipinski definition) is 5. The molecule has 8 heteroatoms. The van der Waals surface area contributed by atoms with E-state index in [9.17, 15) is 9.59 Å². The summed E-state index contributed by atoms with van der Waals surface area (Å²) in [7, 11) is 0. The highest BCUT2D eigenvalue weighted by molar-refractivity contribution is 7.15. The molecule has 0 saturated carbocycles. The van der Waals surface area contributed by atoms with Crippen molar-refractivity contribution in [1.82, 2.24) is 0 Å². The van der Waals surface area contributed by atoms with Gasteiger partial charge in [-0.3, -0.25) is 5.32 Å². The molecule has 1 heterocycles. The number of carbonyl (C=O) groups excluding carboxylic acids is 2. The first-order valence-electron chi connectivity index (χ1n) is 9.37. The van der Waals surface area contributed by atoms with Gasteiger partial charge in [0.1, 0.15) is 16.3 Å². The molecule has 3 aromatic rings. The maximum absolute atomic E-state index is 12.6. The largest absolute Gasteiger partial charge is 0.494 e. The molecule has 2 amide bonds. The summed E-state index contributed by atoms with van der Waals surface area (Å²) in [5.74, 6) is 0.249. The molecule has 0 saturated heterocycles. The minimum Gasteiger partial charge on any atom is -0.494 e. The smallest absolute Gasteiger partial charge is 0.341 e. The number of nitrogens with one attached hydrogen (secondary N) is 2. The number of urea groups is 1. The first kappa shape index (κ1) is 21.7. The van der Waals surface area contributed by atoms with Crippen LogP contribution in [-0.2, 0) is 4.74 Å². The highest BCUT2D eigenvalue weighted by Crippen LogP contribution is 2.37. The molecule has 6 nitrogen and oxygen atoms in total. The molecule has 2 aromatic carbocycles. The molecule has 0 aliphatic rings. The maximum atomic E-state index is 12.6. The number of thiophene rings is 1. The van der Waals surface area contributed by atoms with Crippen molar-refractivity contribution >= 4 is 45.6 Å². The Morgan fingerprint density at radius 3 is 2.30 bits per heavy atom. The van der Waals surface area contributed by atoms with Gasteiger partial charge >= 0.3 is 12.0 Å². The number of halogens is 1. The number of rotatable bonds is 7. The fourth-order valence-electron chi connectivity index (χ4n) is 2.76. The summed E-state index contributed by atoms with van der Waals surface area (Å²) in [6, 6.07) is 13.7. The molecule has 0 spiro atoms. The van der Waals surface area contributed by atoms with Crippen molar-refractivity contribution in [1.29, 1.82) is 0 Å². The lowest BCUT2D eigenvalue weighted by atomic mass is 10.0. The third-order valence-corrected chi connectivity index (χ3v) is 5.22. The Morgan fingerprint density at radius 2 is 1.67 bits per heavy atom. The van der Waals surface area contributed by atoms with Crippen LogP contribution in [-0.4, -0.2) is 25.2 Å². The van der Waals surface area contributed by atoms with Crippen molar-refractivity contribution in [2.45, 2.75) is 13.8 Å². The Morgan fingerprint density at radius 1 is 0.967 bits per heavy atom. The number of benzene rings is 2. The Hall–Kier alpha value is -3.03. The van der Waals surface area contributed by atoms with Crippen LogP contribution in [0.4, 0.5) is 15.5 Å². The molecule has 2 N–H and O–H groups in total. The summed E-state index contributed by atoms with van der Waals surface area (Å²) in [5, 5.41) is 8.26. The molecule has 0 unspecified atom stereocenters. The van der Waals surface area contributed by atoms with Crippen LogP contribution in [0.5, 0.6) is 5.75 Å². The molecule has 0 fully saturated rings. The fraction of sp³-hybridized carbons (Fsp3) is 0.182. The summed E-state index contributed by atoms with van der Waals surface area (Å²) in [4.78, 5) is 25.1. The van der Waals surface area contributed by atoms with Crippen molar-refractivity contribution in [3.8, 4) is 16.9 Å². The van der Waals surface area contributed by atoms with Crippen LogP contribution in [0.15, 0.2) is 53.9 Å². The van der Waals surface area contributed by atoms with E-state index >= 15 is 0 Å². The van der Waals surface area contributed by atoms with Gasteiger partial charge in [-0.25, -0.2) is 9.59 Å². The number of amides is 2. The second-order valence-corrected chi connectivity index (χ2v) is 7.43. The predicted octanol–water partition coefficient (Wildman–Crippen LogP) is 6.29. The van der Waals surface area contributed by atoms with Crippen LogP contribution < -0.4 is 15.4 Å². The van der Waals surface area contributed by atoms with E-state index < -0.39 is 12.0 Å².